The number of anilines is 2. The van der Waals surface area contributed by atoms with Crippen molar-refractivity contribution in [1.82, 2.24) is 4.90 Å². The second-order valence-corrected chi connectivity index (χ2v) is 9.90. The highest BCUT2D eigenvalue weighted by Crippen LogP contribution is 2.27. The number of amides is 3. The Morgan fingerprint density at radius 1 is 1.08 bits per heavy atom. The van der Waals surface area contributed by atoms with E-state index >= 15 is 0 Å². The van der Waals surface area contributed by atoms with Gasteiger partial charge in [-0.25, -0.2) is 14.0 Å². The monoisotopic (exact) mass is 583 g/mol. The summed E-state index contributed by atoms with van der Waals surface area (Å²) < 4.78 is 20.6. The third-order valence-electron chi connectivity index (χ3n) is 6.27. The lowest BCUT2D eigenvalue weighted by Crippen LogP contribution is -2.40. The first kappa shape index (κ1) is 27.1. The van der Waals surface area contributed by atoms with Crippen LogP contribution in [0, 0.1) is 6.92 Å². The van der Waals surface area contributed by atoms with Gasteiger partial charge in [-0.2, -0.15) is 0 Å². The minimum absolute atomic E-state index is 0.0128. The molecule has 0 saturated carbocycles. The number of hydrogen-bond donors (Lipinski definition) is 3. The summed E-state index contributed by atoms with van der Waals surface area (Å²) in [5, 5.41) is 14.6. The molecule has 3 amide bonds. The van der Waals surface area contributed by atoms with Crippen LogP contribution < -0.4 is 15.4 Å². The molecule has 198 valence electrons. The Morgan fingerprint density at radius 2 is 1.82 bits per heavy atom. The van der Waals surface area contributed by atoms with Gasteiger partial charge in [0.1, 0.15) is 18.5 Å². The number of carbonyl (C=O) groups is 3. The van der Waals surface area contributed by atoms with Crippen molar-refractivity contribution in [3.63, 3.8) is 0 Å². The van der Waals surface area contributed by atoms with Crippen LogP contribution in [0.4, 0.5) is 20.6 Å². The summed E-state index contributed by atoms with van der Waals surface area (Å²) in [6.45, 7) is 1.98. The molecule has 0 spiro atoms. The first-order valence-electron chi connectivity index (χ1n) is 12.0. The number of hydrogen-bond acceptors (Lipinski definition) is 4. The number of ether oxygens (including phenoxy) is 1. The minimum atomic E-state index is -1.15. The van der Waals surface area contributed by atoms with Gasteiger partial charge in [0, 0.05) is 22.3 Å². The van der Waals surface area contributed by atoms with Crippen molar-refractivity contribution in [2.45, 2.75) is 32.0 Å². The maximum Gasteiger partial charge on any atom is 0.335 e. The van der Waals surface area contributed by atoms with E-state index in [9.17, 15) is 18.8 Å². The summed E-state index contributed by atoms with van der Waals surface area (Å²) in [7, 11) is 0. The second-order valence-electron chi connectivity index (χ2n) is 9.05. The lowest BCUT2D eigenvalue weighted by atomic mass is 10.1. The summed E-state index contributed by atoms with van der Waals surface area (Å²) in [5.74, 6) is -0.828. The smallest absolute Gasteiger partial charge is 0.335 e. The van der Waals surface area contributed by atoms with Crippen molar-refractivity contribution in [1.29, 1.82) is 0 Å². The van der Waals surface area contributed by atoms with E-state index in [1.54, 1.807) is 18.2 Å². The van der Waals surface area contributed by atoms with E-state index in [0.29, 0.717) is 27.2 Å². The lowest BCUT2D eigenvalue weighted by Gasteiger charge is -2.25. The van der Waals surface area contributed by atoms with Gasteiger partial charge in [0.15, 0.2) is 0 Å². The van der Waals surface area contributed by atoms with Crippen LogP contribution in [-0.4, -0.2) is 53.3 Å². The molecule has 10 heteroatoms. The molecule has 1 fully saturated rings. The maximum absolute atomic E-state index is 14.3. The molecule has 0 radical (unpaired) electrons. The average Bonchev–Trinajstić information content (AvgIpc) is 3.26. The Labute approximate surface area is 227 Å². The van der Waals surface area contributed by atoms with Crippen molar-refractivity contribution in [3.05, 3.63) is 87.9 Å². The average molecular weight is 584 g/mol. The fraction of sp³-hybridized carbons (Fsp3) is 0.250. The van der Waals surface area contributed by atoms with Crippen LogP contribution in [0.15, 0.2) is 71.2 Å². The standard InChI is InChI=1S/C28H27BrFN3O5/c1-17-4-2-3-5-25(17)32-28(37)31-21-9-6-19(24(29)14-21)12-26(34)33-15-20(30)13-22(33)16-38-23-10-7-18(8-11-23)27(35)36/h2-11,14,20,22H,12-13,15-16H2,1H3,(H,35,36)(H2,31,32,37). The first-order chi connectivity index (χ1) is 18.2. The van der Waals surface area contributed by atoms with Crippen molar-refractivity contribution in [3.8, 4) is 5.75 Å². The topological polar surface area (TPSA) is 108 Å². The van der Waals surface area contributed by atoms with Crippen molar-refractivity contribution in [2.75, 3.05) is 23.8 Å². The number of benzene rings is 3. The largest absolute Gasteiger partial charge is 0.491 e. The number of rotatable bonds is 8. The number of likely N-dealkylation sites (tertiary alicyclic amines) is 1. The molecule has 4 rings (SSSR count). The van der Waals surface area contributed by atoms with E-state index in [-0.39, 0.29) is 43.5 Å². The predicted octanol–water partition coefficient (Wildman–Crippen LogP) is 5.66. The van der Waals surface area contributed by atoms with E-state index in [0.717, 1.165) is 5.56 Å². The third kappa shape index (κ3) is 6.89. The molecule has 3 N–H and O–H groups in total. The zero-order valence-electron chi connectivity index (χ0n) is 20.6. The first-order valence-corrected chi connectivity index (χ1v) is 12.8. The molecule has 8 nitrogen and oxygen atoms in total. The molecule has 1 aliphatic heterocycles. The summed E-state index contributed by atoms with van der Waals surface area (Å²) >= 11 is 3.47. The minimum Gasteiger partial charge on any atom is -0.491 e. The van der Waals surface area contributed by atoms with Gasteiger partial charge < -0.3 is 25.4 Å². The molecule has 0 aromatic heterocycles. The van der Waals surface area contributed by atoms with Gasteiger partial charge in [0.2, 0.25) is 5.91 Å². The van der Waals surface area contributed by atoms with Crippen LogP contribution in [0.2, 0.25) is 0 Å². The molecule has 0 bridgehead atoms. The third-order valence-corrected chi connectivity index (χ3v) is 7.01. The fourth-order valence-electron chi connectivity index (χ4n) is 4.24. The van der Waals surface area contributed by atoms with Gasteiger partial charge in [0.25, 0.3) is 0 Å². The zero-order valence-corrected chi connectivity index (χ0v) is 22.2. The Morgan fingerprint density at radius 3 is 2.50 bits per heavy atom. The molecular formula is C28H27BrFN3O5. The number of aryl methyl sites for hydroxylation is 1. The number of urea groups is 1. The van der Waals surface area contributed by atoms with E-state index in [1.165, 1.54) is 29.2 Å². The Bertz CT molecular complexity index is 1330. The second kappa shape index (κ2) is 12.1. The number of para-hydroxylation sites is 1. The number of nitrogens with one attached hydrogen (secondary N) is 2. The van der Waals surface area contributed by atoms with Crippen molar-refractivity contribution < 1.29 is 28.6 Å². The van der Waals surface area contributed by atoms with E-state index in [2.05, 4.69) is 26.6 Å². The van der Waals surface area contributed by atoms with E-state index < -0.39 is 18.2 Å². The van der Waals surface area contributed by atoms with Crippen LogP contribution in [0.1, 0.15) is 27.9 Å². The predicted molar refractivity (Wildman–Crippen MR) is 146 cm³/mol. The number of nitrogens with zero attached hydrogens (tertiary/aromatic N) is 1. The van der Waals surface area contributed by atoms with Gasteiger partial charge in [0.05, 0.1) is 24.6 Å². The summed E-state index contributed by atoms with van der Waals surface area (Å²) in [6, 6.07) is 17.7. The summed E-state index contributed by atoms with van der Waals surface area (Å²) in [6.07, 6.45) is -0.935. The summed E-state index contributed by atoms with van der Waals surface area (Å²) in [4.78, 5) is 38.0. The van der Waals surface area contributed by atoms with Crippen LogP contribution in [0.5, 0.6) is 5.75 Å². The normalized spacial score (nSPS) is 16.7. The molecule has 1 heterocycles. The Balaban J connectivity index is 1.34. The van der Waals surface area contributed by atoms with Crippen molar-refractivity contribution in [2.24, 2.45) is 0 Å². The number of carboxylic acids is 1. The highest BCUT2D eigenvalue weighted by atomic mass is 79.9. The number of carboxylic acid groups (broad SMARTS) is 1. The SMILES string of the molecule is Cc1ccccc1NC(=O)Nc1ccc(CC(=O)N2CC(F)CC2COc2ccc(C(=O)O)cc2)c(Br)c1. The van der Waals surface area contributed by atoms with Gasteiger partial charge in [-0.1, -0.05) is 40.2 Å². The molecule has 1 aliphatic rings. The van der Waals surface area contributed by atoms with Gasteiger partial charge in [-0.05, 0) is 60.5 Å². The molecular weight excluding hydrogens is 557 g/mol. The highest BCUT2D eigenvalue weighted by Gasteiger charge is 2.35. The van der Waals surface area contributed by atoms with Gasteiger partial charge in [-0.15, -0.1) is 0 Å². The summed E-state index contributed by atoms with van der Waals surface area (Å²) in [5.41, 5.74) is 3.03. The maximum atomic E-state index is 14.3. The number of alkyl halides is 1. The van der Waals surface area contributed by atoms with Crippen LogP contribution in [0.25, 0.3) is 0 Å². The molecule has 3 aromatic carbocycles. The van der Waals surface area contributed by atoms with Crippen LogP contribution >= 0.6 is 15.9 Å². The molecule has 3 aromatic rings. The van der Waals surface area contributed by atoms with E-state index in [4.69, 9.17) is 9.84 Å². The molecule has 38 heavy (non-hydrogen) atoms. The number of aromatic carboxylic acids is 1. The molecule has 0 aliphatic carbocycles. The van der Waals surface area contributed by atoms with Gasteiger partial charge in [-0.3, -0.25) is 4.79 Å². The molecule has 2 unspecified atom stereocenters. The number of halogens is 2. The quantitative estimate of drug-likeness (QED) is 0.317. The van der Waals surface area contributed by atoms with Gasteiger partial charge >= 0.3 is 12.0 Å². The molecule has 1 saturated heterocycles. The van der Waals surface area contributed by atoms with Crippen molar-refractivity contribution >= 4 is 45.2 Å². The Hall–Kier alpha value is -3.92. The molecule has 2 atom stereocenters. The highest BCUT2D eigenvalue weighted by molar-refractivity contribution is 9.10. The number of carbonyl (C=O) groups excluding carboxylic acids is 2. The fourth-order valence-corrected chi connectivity index (χ4v) is 4.76. The zero-order chi connectivity index (χ0) is 27.2. The lowest BCUT2D eigenvalue weighted by molar-refractivity contribution is -0.132. The van der Waals surface area contributed by atoms with E-state index in [1.807, 2.05) is 31.2 Å². The van der Waals surface area contributed by atoms with Crippen LogP contribution in [0.3, 0.4) is 0 Å². The van der Waals surface area contributed by atoms with Crippen LogP contribution in [-0.2, 0) is 11.2 Å². The Kier molecular flexibility index (Phi) is 8.62.